The summed E-state index contributed by atoms with van der Waals surface area (Å²) in [7, 11) is 0. The van der Waals surface area contributed by atoms with E-state index in [2.05, 4.69) is 20.8 Å². The van der Waals surface area contributed by atoms with Gasteiger partial charge in [0.15, 0.2) is 5.17 Å². The van der Waals surface area contributed by atoms with Crippen LogP contribution in [0.5, 0.6) is 0 Å². The van der Waals surface area contributed by atoms with Gasteiger partial charge in [0.05, 0.1) is 11.4 Å². The van der Waals surface area contributed by atoms with Crippen LogP contribution in [-0.2, 0) is 16.1 Å². The van der Waals surface area contributed by atoms with Crippen molar-refractivity contribution in [2.45, 2.75) is 20.5 Å². The monoisotopic (exact) mass is 448 g/mol. The number of benzene rings is 2. The number of carbonyl (C=O) groups excluding carboxylic acids is 2. The molecule has 0 saturated heterocycles. The van der Waals surface area contributed by atoms with E-state index in [0.29, 0.717) is 22.1 Å². The molecular weight excluding hydrogens is 424 g/mol. The quantitative estimate of drug-likeness (QED) is 0.493. The van der Waals surface area contributed by atoms with Gasteiger partial charge in [0.1, 0.15) is 12.3 Å². The van der Waals surface area contributed by atoms with Crippen LogP contribution in [0.2, 0.25) is 0 Å². The van der Waals surface area contributed by atoms with Gasteiger partial charge in [-0.2, -0.15) is 5.10 Å². The lowest BCUT2D eigenvalue weighted by atomic mass is 10.2. The molecule has 1 heterocycles. The van der Waals surface area contributed by atoms with Crippen molar-refractivity contribution < 1.29 is 14.3 Å². The standard InChI is InChI=1S/C24H24N4O3S/c1-3-32-24-26-20(17(2)27-28-24)14-15-21(25-22(29)19-12-8-5-9-13-19)23(30)31-16-18-10-6-4-7-11-18/h4-15H,3,16H2,1-2H3,(H,25,29)(H,26,28)/b20-14-,21-15-. The molecule has 8 heteroatoms. The lowest BCUT2D eigenvalue weighted by Crippen LogP contribution is -2.28. The molecule has 2 N–H and O–H groups in total. The Bertz CT molecular complexity index is 1080. The summed E-state index contributed by atoms with van der Waals surface area (Å²) >= 11 is 1.52. The van der Waals surface area contributed by atoms with Crippen LogP contribution in [0, 0.1) is 0 Å². The molecule has 0 spiro atoms. The average molecular weight is 449 g/mol. The zero-order valence-electron chi connectivity index (χ0n) is 17.9. The third kappa shape index (κ3) is 6.68. The zero-order chi connectivity index (χ0) is 22.8. The number of hydrogen-bond acceptors (Lipinski definition) is 7. The first-order chi connectivity index (χ1) is 15.6. The van der Waals surface area contributed by atoms with E-state index in [-0.39, 0.29) is 12.3 Å². The van der Waals surface area contributed by atoms with Gasteiger partial charge < -0.3 is 10.1 Å². The number of rotatable bonds is 7. The van der Waals surface area contributed by atoms with Crippen molar-refractivity contribution in [1.29, 1.82) is 0 Å². The Balaban J connectivity index is 1.83. The Morgan fingerprint density at radius 2 is 1.78 bits per heavy atom. The molecule has 1 aliphatic heterocycles. The molecule has 1 aliphatic rings. The number of thioether (sulfide) groups is 1. The molecule has 0 atom stereocenters. The summed E-state index contributed by atoms with van der Waals surface area (Å²) in [6, 6.07) is 18.0. The first-order valence-corrected chi connectivity index (χ1v) is 11.1. The van der Waals surface area contributed by atoms with Crippen LogP contribution in [0.1, 0.15) is 29.8 Å². The molecule has 3 rings (SSSR count). The van der Waals surface area contributed by atoms with Gasteiger partial charge in [-0.25, -0.2) is 9.79 Å². The lowest BCUT2D eigenvalue weighted by molar-refractivity contribution is -0.140. The van der Waals surface area contributed by atoms with E-state index >= 15 is 0 Å². The fourth-order valence-corrected chi connectivity index (χ4v) is 3.22. The lowest BCUT2D eigenvalue weighted by Gasteiger charge is -2.13. The van der Waals surface area contributed by atoms with Crippen LogP contribution in [0.25, 0.3) is 0 Å². The van der Waals surface area contributed by atoms with Gasteiger partial charge in [0.2, 0.25) is 0 Å². The maximum absolute atomic E-state index is 12.8. The van der Waals surface area contributed by atoms with Gasteiger partial charge >= 0.3 is 5.97 Å². The van der Waals surface area contributed by atoms with E-state index in [1.807, 2.05) is 43.3 Å². The van der Waals surface area contributed by atoms with E-state index < -0.39 is 11.9 Å². The Kier molecular flexibility index (Phi) is 8.39. The SMILES string of the molecule is CCSC1=N/C(=C\C=C(/NC(=O)c2ccccc2)C(=O)OCc2ccccc2)C(C)=NN1. The van der Waals surface area contributed by atoms with Gasteiger partial charge in [0.25, 0.3) is 5.91 Å². The van der Waals surface area contributed by atoms with Crippen molar-refractivity contribution in [1.82, 2.24) is 10.7 Å². The maximum Gasteiger partial charge on any atom is 0.355 e. The molecule has 0 aromatic heterocycles. The fourth-order valence-electron chi connectivity index (χ4n) is 2.67. The third-order valence-electron chi connectivity index (χ3n) is 4.32. The van der Waals surface area contributed by atoms with Crippen molar-refractivity contribution in [2.75, 3.05) is 5.75 Å². The summed E-state index contributed by atoms with van der Waals surface area (Å²) in [5.41, 5.74) is 5.41. The maximum atomic E-state index is 12.8. The minimum atomic E-state index is -0.648. The Morgan fingerprint density at radius 1 is 1.09 bits per heavy atom. The number of amides is 1. The van der Waals surface area contributed by atoms with E-state index in [0.717, 1.165) is 11.3 Å². The predicted octanol–water partition coefficient (Wildman–Crippen LogP) is 4.02. The fraction of sp³-hybridized carbons (Fsp3) is 0.167. The highest BCUT2D eigenvalue weighted by atomic mass is 32.2. The number of esters is 1. The first-order valence-electron chi connectivity index (χ1n) is 10.1. The van der Waals surface area contributed by atoms with E-state index in [1.165, 1.54) is 17.8 Å². The molecule has 2 aromatic rings. The predicted molar refractivity (Wildman–Crippen MR) is 128 cm³/mol. The second-order valence-corrected chi connectivity index (χ2v) is 7.93. The number of aliphatic imine (C=N–C) groups is 1. The third-order valence-corrected chi connectivity index (χ3v) is 5.06. The largest absolute Gasteiger partial charge is 0.456 e. The summed E-state index contributed by atoms with van der Waals surface area (Å²) in [4.78, 5) is 29.9. The molecule has 1 amide bonds. The van der Waals surface area contributed by atoms with Gasteiger partial charge in [-0.05, 0) is 42.5 Å². The van der Waals surface area contributed by atoms with Crippen LogP contribution >= 0.6 is 11.8 Å². The molecule has 164 valence electrons. The molecular formula is C24H24N4O3S. The number of nitrogens with one attached hydrogen (secondary N) is 2. The molecule has 0 aliphatic carbocycles. The number of nitrogens with zero attached hydrogens (tertiary/aromatic N) is 2. The number of carbonyl (C=O) groups is 2. The summed E-state index contributed by atoms with van der Waals surface area (Å²) in [6.45, 7) is 3.91. The highest BCUT2D eigenvalue weighted by Crippen LogP contribution is 2.13. The topological polar surface area (TPSA) is 92.2 Å². The summed E-state index contributed by atoms with van der Waals surface area (Å²) in [5.74, 6) is -0.216. The number of ether oxygens (including phenoxy) is 1. The first kappa shape index (κ1) is 23.0. The van der Waals surface area contributed by atoms with Gasteiger partial charge in [0, 0.05) is 5.56 Å². The highest BCUT2D eigenvalue weighted by Gasteiger charge is 2.16. The normalized spacial score (nSPS) is 14.8. The minimum Gasteiger partial charge on any atom is -0.456 e. The smallest absolute Gasteiger partial charge is 0.355 e. The van der Waals surface area contributed by atoms with Crippen LogP contribution in [0.15, 0.2) is 94.3 Å². The van der Waals surface area contributed by atoms with Crippen molar-refractivity contribution in [3.8, 4) is 0 Å². The summed E-state index contributed by atoms with van der Waals surface area (Å²) in [5, 5.41) is 7.55. The van der Waals surface area contributed by atoms with Crippen LogP contribution in [0.4, 0.5) is 0 Å². The zero-order valence-corrected chi connectivity index (χ0v) is 18.7. The van der Waals surface area contributed by atoms with Crippen molar-refractivity contribution in [3.05, 3.63) is 95.3 Å². The van der Waals surface area contributed by atoms with E-state index in [9.17, 15) is 9.59 Å². The van der Waals surface area contributed by atoms with Gasteiger partial charge in [-0.3, -0.25) is 10.2 Å². The Morgan fingerprint density at radius 3 is 2.47 bits per heavy atom. The van der Waals surface area contributed by atoms with Crippen molar-refractivity contribution in [2.24, 2.45) is 10.1 Å². The van der Waals surface area contributed by atoms with E-state index in [1.54, 1.807) is 37.3 Å². The number of hydrazone groups is 1. The Labute approximate surface area is 191 Å². The molecule has 0 fully saturated rings. The van der Waals surface area contributed by atoms with Crippen LogP contribution in [-0.4, -0.2) is 28.5 Å². The van der Waals surface area contributed by atoms with Gasteiger partial charge in [-0.15, -0.1) is 0 Å². The molecule has 7 nitrogen and oxygen atoms in total. The van der Waals surface area contributed by atoms with E-state index in [4.69, 9.17) is 4.74 Å². The highest BCUT2D eigenvalue weighted by molar-refractivity contribution is 8.13. The molecule has 0 unspecified atom stereocenters. The van der Waals surface area contributed by atoms with Crippen molar-refractivity contribution >= 4 is 34.5 Å². The molecule has 32 heavy (non-hydrogen) atoms. The molecule has 0 radical (unpaired) electrons. The average Bonchev–Trinajstić information content (AvgIpc) is 2.83. The van der Waals surface area contributed by atoms with Crippen LogP contribution < -0.4 is 10.7 Å². The second kappa shape index (κ2) is 11.7. The van der Waals surface area contributed by atoms with Crippen molar-refractivity contribution in [3.63, 3.8) is 0 Å². The second-order valence-electron chi connectivity index (χ2n) is 6.67. The summed E-state index contributed by atoms with van der Waals surface area (Å²) < 4.78 is 5.42. The molecule has 0 bridgehead atoms. The Hall–Kier alpha value is -3.65. The number of hydrogen-bond donors (Lipinski definition) is 2. The number of amidine groups is 1. The number of allylic oxidation sites excluding steroid dienone is 3. The summed E-state index contributed by atoms with van der Waals surface area (Å²) in [6.07, 6.45) is 3.13. The minimum absolute atomic E-state index is 0.00788. The van der Waals surface area contributed by atoms with Gasteiger partial charge in [-0.1, -0.05) is 67.2 Å². The molecule has 0 saturated carbocycles. The molecule has 2 aromatic carbocycles. The van der Waals surface area contributed by atoms with Crippen LogP contribution in [0.3, 0.4) is 0 Å².